The van der Waals surface area contributed by atoms with Gasteiger partial charge >= 0.3 is 5.97 Å². The third kappa shape index (κ3) is 6.76. The number of hydrogen-bond donors (Lipinski definition) is 2. The molecule has 8 nitrogen and oxygen atoms in total. The molecule has 1 heterocycles. The Labute approximate surface area is 161 Å². The van der Waals surface area contributed by atoms with E-state index in [0.717, 1.165) is 0 Å². The number of esters is 1. The fraction of sp³-hybridized carbons (Fsp3) is 0.842. The van der Waals surface area contributed by atoms with Gasteiger partial charge in [0.05, 0.1) is 6.10 Å². The molecule has 1 rings (SSSR count). The molecule has 0 amide bonds. The lowest BCUT2D eigenvalue weighted by atomic mass is 9.86. The number of nitriles is 1. The standard InChI is InChI=1S/C19H32N2O6/c1-12-8-19(4,27-11-20)7-6-15(22)13(2)18(25)26-10-16(23)17(24)14(3)21(5)9-12/h12-14,16-17,23-24H,6-10H2,1-5H3/t12-,13?,14?,16?,17?,19+/m1/s1. The molecule has 0 aromatic rings. The highest BCUT2D eigenvalue weighted by atomic mass is 16.5. The number of likely N-dealkylation sites (N-methyl/N-ethyl adjacent to an activating group) is 1. The number of carbonyl (C=O) groups excluding carboxylic acids is 2. The molecular formula is C19H32N2O6. The maximum Gasteiger partial charge on any atom is 0.316 e. The largest absolute Gasteiger partial charge is 0.462 e. The van der Waals surface area contributed by atoms with E-state index in [0.29, 0.717) is 19.4 Å². The number of hydrogen-bond acceptors (Lipinski definition) is 8. The SMILES string of the molecule is CC1C(=O)CC[C@](C)(OC#N)C[C@@H](C)CN(C)C(C)C(O)C(O)COC1=O. The molecule has 6 atom stereocenters. The number of aliphatic hydroxyl groups is 2. The molecule has 1 aliphatic heterocycles. The van der Waals surface area contributed by atoms with Crippen LogP contribution in [-0.2, 0) is 19.1 Å². The van der Waals surface area contributed by atoms with Crippen molar-refractivity contribution in [3.05, 3.63) is 0 Å². The third-order valence-electron chi connectivity index (χ3n) is 5.39. The molecule has 0 aromatic carbocycles. The number of nitrogens with zero attached hydrogens (tertiary/aromatic N) is 2. The smallest absolute Gasteiger partial charge is 0.316 e. The van der Waals surface area contributed by atoms with Gasteiger partial charge in [-0.15, -0.1) is 0 Å². The monoisotopic (exact) mass is 384 g/mol. The van der Waals surface area contributed by atoms with Crippen LogP contribution in [0.4, 0.5) is 0 Å². The van der Waals surface area contributed by atoms with E-state index in [1.807, 2.05) is 18.9 Å². The molecule has 0 bridgehead atoms. The van der Waals surface area contributed by atoms with Gasteiger partial charge in [-0.1, -0.05) is 6.92 Å². The molecule has 4 unspecified atom stereocenters. The molecule has 0 spiro atoms. The van der Waals surface area contributed by atoms with Crippen molar-refractivity contribution in [2.45, 2.75) is 70.8 Å². The quantitative estimate of drug-likeness (QED) is 0.388. The van der Waals surface area contributed by atoms with E-state index < -0.39 is 29.7 Å². The van der Waals surface area contributed by atoms with Gasteiger partial charge in [0.1, 0.15) is 30.0 Å². The zero-order valence-corrected chi connectivity index (χ0v) is 16.8. The summed E-state index contributed by atoms with van der Waals surface area (Å²) in [5, 5.41) is 29.5. The lowest BCUT2D eigenvalue weighted by molar-refractivity contribution is -0.157. The van der Waals surface area contributed by atoms with Crippen molar-refractivity contribution in [1.82, 2.24) is 4.90 Å². The highest BCUT2D eigenvalue weighted by molar-refractivity contribution is 5.98. The Balaban J connectivity index is 3.06. The summed E-state index contributed by atoms with van der Waals surface area (Å²) < 4.78 is 10.3. The average Bonchev–Trinajstić information content (AvgIpc) is 2.61. The van der Waals surface area contributed by atoms with Crippen LogP contribution >= 0.6 is 0 Å². The number of ketones is 1. The number of Topliss-reactive ketones (excluding diaryl/α,β-unsaturated/α-hetero) is 1. The summed E-state index contributed by atoms with van der Waals surface area (Å²) >= 11 is 0. The van der Waals surface area contributed by atoms with E-state index in [2.05, 4.69) is 0 Å². The van der Waals surface area contributed by atoms with E-state index in [9.17, 15) is 19.8 Å². The zero-order valence-electron chi connectivity index (χ0n) is 16.8. The minimum Gasteiger partial charge on any atom is -0.462 e. The molecule has 154 valence electrons. The lowest BCUT2D eigenvalue weighted by Gasteiger charge is -2.35. The Morgan fingerprint density at radius 2 is 1.93 bits per heavy atom. The third-order valence-corrected chi connectivity index (χ3v) is 5.39. The summed E-state index contributed by atoms with van der Waals surface area (Å²) in [4.78, 5) is 26.3. The fourth-order valence-electron chi connectivity index (χ4n) is 3.47. The Morgan fingerprint density at radius 1 is 1.30 bits per heavy atom. The second-order valence-electron chi connectivity index (χ2n) is 8.01. The van der Waals surface area contributed by atoms with Gasteiger partial charge < -0.3 is 24.6 Å². The summed E-state index contributed by atoms with van der Waals surface area (Å²) in [5.41, 5.74) is -0.824. The molecule has 0 aromatic heterocycles. The van der Waals surface area contributed by atoms with Crippen molar-refractivity contribution in [3.63, 3.8) is 0 Å². The molecule has 1 saturated heterocycles. The number of cyclic esters (lactones) is 1. The predicted molar refractivity (Wildman–Crippen MR) is 97.4 cm³/mol. The summed E-state index contributed by atoms with van der Waals surface area (Å²) in [5.74, 6) is -1.92. The van der Waals surface area contributed by atoms with Gasteiger partial charge in [-0.05, 0) is 46.6 Å². The summed E-state index contributed by atoms with van der Waals surface area (Å²) in [6.45, 7) is 7.23. The molecule has 2 N–H and O–H groups in total. The van der Waals surface area contributed by atoms with Gasteiger partial charge in [-0.2, -0.15) is 5.26 Å². The normalized spacial score (nSPS) is 38.2. The zero-order chi connectivity index (χ0) is 20.8. The van der Waals surface area contributed by atoms with Crippen molar-refractivity contribution in [3.8, 4) is 6.26 Å². The fourth-order valence-corrected chi connectivity index (χ4v) is 3.47. The van der Waals surface area contributed by atoms with Gasteiger partial charge in [-0.25, -0.2) is 0 Å². The maximum atomic E-state index is 12.3. The first-order valence-corrected chi connectivity index (χ1v) is 9.33. The van der Waals surface area contributed by atoms with Gasteiger partial charge in [0.25, 0.3) is 6.26 Å². The number of carbonyl (C=O) groups is 2. The molecular weight excluding hydrogens is 352 g/mol. The van der Waals surface area contributed by atoms with Crippen LogP contribution in [0.3, 0.4) is 0 Å². The van der Waals surface area contributed by atoms with Crippen molar-refractivity contribution >= 4 is 11.8 Å². The van der Waals surface area contributed by atoms with Gasteiger partial charge in [0.2, 0.25) is 0 Å². The Morgan fingerprint density at radius 3 is 2.52 bits per heavy atom. The topological polar surface area (TPSA) is 120 Å². The van der Waals surface area contributed by atoms with E-state index in [1.54, 1.807) is 20.1 Å². The van der Waals surface area contributed by atoms with Gasteiger partial charge in [0.15, 0.2) is 0 Å². The second kappa shape index (κ2) is 10.0. The minimum absolute atomic E-state index is 0.0819. The van der Waals surface area contributed by atoms with E-state index in [4.69, 9.17) is 14.7 Å². The van der Waals surface area contributed by atoms with E-state index >= 15 is 0 Å². The van der Waals surface area contributed by atoms with Crippen LogP contribution in [0.5, 0.6) is 0 Å². The van der Waals surface area contributed by atoms with Crippen molar-refractivity contribution in [1.29, 1.82) is 5.26 Å². The first-order chi connectivity index (χ1) is 12.5. The van der Waals surface area contributed by atoms with Crippen LogP contribution < -0.4 is 0 Å². The average molecular weight is 384 g/mol. The van der Waals surface area contributed by atoms with Crippen LogP contribution in [0, 0.1) is 23.4 Å². The van der Waals surface area contributed by atoms with Crippen molar-refractivity contribution < 1.29 is 29.3 Å². The van der Waals surface area contributed by atoms with Crippen LogP contribution in [0.2, 0.25) is 0 Å². The van der Waals surface area contributed by atoms with Crippen LogP contribution in [0.15, 0.2) is 0 Å². The highest BCUT2D eigenvalue weighted by Gasteiger charge is 2.34. The minimum atomic E-state index is -1.25. The van der Waals surface area contributed by atoms with E-state index in [-0.39, 0.29) is 30.8 Å². The van der Waals surface area contributed by atoms with Crippen LogP contribution in [0.1, 0.15) is 47.0 Å². The molecule has 0 saturated carbocycles. The summed E-state index contributed by atoms with van der Waals surface area (Å²) in [7, 11) is 1.83. The Kier molecular flexibility index (Phi) is 8.66. The van der Waals surface area contributed by atoms with Crippen molar-refractivity contribution in [2.24, 2.45) is 11.8 Å². The molecule has 0 radical (unpaired) electrons. The van der Waals surface area contributed by atoms with Gasteiger partial charge in [-0.3, -0.25) is 9.59 Å². The molecule has 8 heteroatoms. The lowest BCUT2D eigenvalue weighted by Crippen LogP contribution is -2.48. The van der Waals surface area contributed by atoms with E-state index in [1.165, 1.54) is 6.92 Å². The molecule has 1 aliphatic rings. The highest BCUT2D eigenvalue weighted by Crippen LogP contribution is 2.28. The maximum absolute atomic E-state index is 12.3. The first-order valence-electron chi connectivity index (χ1n) is 9.33. The Hall–Kier alpha value is -1.69. The molecule has 1 fully saturated rings. The molecule has 0 aliphatic carbocycles. The second-order valence-corrected chi connectivity index (χ2v) is 8.01. The van der Waals surface area contributed by atoms with Crippen LogP contribution in [0.25, 0.3) is 0 Å². The molecule has 27 heavy (non-hydrogen) atoms. The number of ether oxygens (including phenoxy) is 2. The van der Waals surface area contributed by atoms with Crippen molar-refractivity contribution in [2.75, 3.05) is 20.2 Å². The summed E-state index contributed by atoms with van der Waals surface area (Å²) in [6.07, 6.45) is 0.278. The summed E-state index contributed by atoms with van der Waals surface area (Å²) in [6, 6.07) is -0.381. The Bertz CT molecular complexity index is 563. The van der Waals surface area contributed by atoms with Gasteiger partial charge in [0, 0.05) is 19.0 Å². The van der Waals surface area contributed by atoms with Crippen LogP contribution in [-0.4, -0.2) is 70.9 Å². The first kappa shape index (κ1) is 23.3. The predicted octanol–water partition coefficient (Wildman–Crippen LogP) is 0.853. The number of rotatable bonds is 1. The number of aliphatic hydroxyl groups excluding tert-OH is 2.